The second-order valence-corrected chi connectivity index (χ2v) is 4.79. The topological polar surface area (TPSA) is 69.6 Å². The summed E-state index contributed by atoms with van der Waals surface area (Å²) >= 11 is 0. The smallest absolute Gasteiger partial charge is 0.337 e. The fourth-order valence-corrected chi connectivity index (χ4v) is 2.20. The molecule has 4 heteroatoms. The Morgan fingerprint density at radius 3 is 2.60 bits per heavy atom. The van der Waals surface area contributed by atoms with Crippen molar-refractivity contribution in [1.29, 1.82) is 0 Å². The van der Waals surface area contributed by atoms with E-state index in [9.17, 15) is 9.90 Å². The summed E-state index contributed by atoms with van der Waals surface area (Å²) in [4.78, 5) is 11.1. The van der Waals surface area contributed by atoms with Crippen molar-refractivity contribution in [3.8, 4) is 5.75 Å². The highest BCUT2D eigenvalue weighted by atomic mass is 16.4. The Labute approximate surface area is 117 Å². The van der Waals surface area contributed by atoms with E-state index in [4.69, 9.17) is 5.11 Å². The van der Waals surface area contributed by atoms with Crippen molar-refractivity contribution < 1.29 is 15.0 Å². The van der Waals surface area contributed by atoms with E-state index >= 15 is 0 Å². The summed E-state index contributed by atoms with van der Waals surface area (Å²) in [6.45, 7) is 4.18. The number of carboxylic acids is 1. The fourth-order valence-electron chi connectivity index (χ4n) is 2.20. The summed E-state index contributed by atoms with van der Waals surface area (Å²) in [5, 5.41) is 22.2. The molecule has 2 rings (SSSR count). The van der Waals surface area contributed by atoms with Crippen molar-refractivity contribution in [2.24, 2.45) is 0 Å². The van der Waals surface area contributed by atoms with Crippen LogP contribution in [0.5, 0.6) is 5.75 Å². The Morgan fingerprint density at radius 2 is 1.90 bits per heavy atom. The van der Waals surface area contributed by atoms with Gasteiger partial charge < -0.3 is 15.5 Å². The zero-order chi connectivity index (χ0) is 14.7. The van der Waals surface area contributed by atoms with Gasteiger partial charge in [-0.25, -0.2) is 4.79 Å². The van der Waals surface area contributed by atoms with Gasteiger partial charge in [-0.15, -0.1) is 0 Å². The van der Waals surface area contributed by atoms with Crippen LogP contribution >= 0.6 is 0 Å². The van der Waals surface area contributed by atoms with Gasteiger partial charge in [-0.05, 0) is 31.5 Å². The Morgan fingerprint density at radius 1 is 1.20 bits per heavy atom. The first-order valence-corrected chi connectivity index (χ1v) is 6.34. The van der Waals surface area contributed by atoms with Gasteiger partial charge in [-0.2, -0.15) is 0 Å². The van der Waals surface area contributed by atoms with Gasteiger partial charge in [0.05, 0.1) is 5.56 Å². The molecule has 0 aromatic heterocycles. The maximum Gasteiger partial charge on any atom is 0.337 e. The third-order valence-electron chi connectivity index (χ3n) is 3.15. The summed E-state index contributed by atoms with van der Waals surface area (Å²) in [5.41, 5.74) is 3.38. The molecule has 0 amide bonds. The second-order valence-electron chi connectivity index (χ2n) is 4.79. The molecule has 20 heavy (non-hydrogen) atoms. The molecule has 0 aliphatic rings. The maximum atomic E-state index is 11.1. The Bertz CT molecular complexity index is 650. The van der Waals surface area contributed by atoms with Crippen LogP contribution in [0.4, 0.5) is 5.69 Å². The maximum absolute atomic E-state index is 11.1. The molecule has 0 heterocycles. The van der Waals surface area contributed by atoms with Crippen LogP contribution in [0.1, 0.15) is 27.0 Å². The molecule has 0 saturated carbocycles. The Balaban J connectivity index is 2.24. The third-order valence-corrected chi connectivity index (χ3v) is 3.15. The third kappa shape index (κ3) is 2.91. The number of carboxylic acid groups (broad SMARTS) is 1. The van der Waals surface area contributed by atoms with Crippen molar-refractivity contribution >= 4 is 11.7 Å². The van der Waals surface area contributed by atoms with Crippen molar-refractivity contribution in [1.82, 2.24) is 0 Å². The number of anilines is 1. The van der Waals surface area contributed by atoms with Crippen LogP contribution < -0.4 is 5.32 Å². The molecule has 0 bridgehead atoms. The van der Waals surface area contributed by atoms with Gasteiger partial charge in [-0.1, -0.05) is 29.8 Å². The number of carbonyl (C=O) groups is 1. The normalized spacial score (nSPS) is 10.3. The van der Waals surface area contributed by atoms with Crippen LogP contribution in [0.2, 0.25) is 0 Å². The molecule has 104 valence electrons. The Kier molecular flexibility index (Phi) is 3.94. The zero-order valence-corrected chi connectivity index (χ0v) is 11.5. The van der Waals surface area contributed by atoms with Gasteiger partial charge in [0.25, 0.3) is 0 Å². The summed E-state index contributed by atoms with van der Waals surface area (Å²) in [5.74, 6) is -0.728. The highest BCUT2D eigenvalue weighted by molar-refractivity contribution is 5.94. The number of aryl methyl sites for hydroxylation is 2. The molecule has 0 spiro atoms. The van der Waals surface area contributed by atoms with Gasteiger partial charge in [-0.3, -0.25) is 0 Å². The molecule has 3 N–H and O–H groups in total. The van der Waals surface area contributed by atoms with Crippen LogP contribution in [-0.4, -0.2) is 16.2 Å². The lowest BCUT2D eigenvalue weighted by molar-refractivity contribution is 0.0698. The van der Waals surface area contributed by atoms with Gasteiger partial charge in [0.15, 0.2) is 0 Å². The van der Waals surface area contributed by atoms with E-state index in [1.165, 1.54) is 0 Å². The molecule has 2 aromatic rings. The molecule has 2 aromatic carbocycles. The average Bonchev–Trinajstić information content (AvgIpc) is 2.41. The molecule has 0 radical (unpaired) electrons. The van der Waals surface area contributed by atoms with E-state index < -0.39 is 5.97 Å². The molecular formula is C16H17NO3. The minimum Gasteiger partial charge on any atom is -0.507 e. The quantitative estimate of drug-likeness (QED) is 0.798. The molecule has 0 atom stereocenters. The molecule has 0 saturated heterocycles. The molecule has 0 fully saturated rings. The van der Waals surface area contributed by atoms with E-state index in [2.05, 4.69) is 5.32 Å². The number of hydrogen-bond donors (Lipinski definition) is 3. The van der Waals surface area contributed by atoms with Crippen LogP contribution in [0.15, 0.2) is 36.4 Å². The van der Waals surface area contributed by atoms with Gasteiger partial charge in [0, 0.05) is 17.8 Å². The average molecular weight is 271 g/mol. The first kappa shape index (κ1) is 13.9. The van der Waals surface area contributed by atoms with Crippen molar-refractivity contribution in [3.05, 3.63) is 58.7 Å². The van der Waals surface area contributed by atoms with E-state index in [1.807, 2.05) is 26.0 Å². The number of phenols is 1. The molecule has 0 aliphatic carbocycles. The molecule has 0 aliphatic heterocycles. The number of phenolic OH excluding ortho intramolecular Hbond substituents is 1. The van der Waals surface area contributed by atoms with E-state index in [0.29, 0.717) is 12.2 Å². The molecule has 4 nitrogen and oxygen atoms in total. The highest BCUT2D eigenvalue weighted by Gasteiger charge is 2.10. The van der Waals surface area contributed by atoms with Crippen LogP contribution in [0.3, 0.4) is 0 Å². The fraction of sp³-hybridized carbons (Fsp3) is 0.188. The minimum absolute atomic E-state index is 0.219. The van der Waals surface area contributed by atoms with Crippen LogP contribution in [0.25, 0.3) is 0 Å². The van der Waals surface area contributed by atoms with Gasteiger partial charge in [0.1, 0.15) is 5.75 Å². The highest BCUT2D eigenvalue weighted by Crippen LogP contribution is 2.25. The summed E-state index contributed by atoms with van der Waals surface area (Å²) in [7, 11) is 0. The first-order chi connectivity index (χ1) is 9.49. The Hall–Kier alpha value is -2.49. The summed E-state index contributed by atoms with van der Waals surface area (Å²) < 4.78 is 0. The van der Waals surface area contributed by atoms with E-state index in [1.54, 1.807) is 24.3 Å². The predicted octanol–water partition coefficient (Wildman–Crippen LogP) is 3.32. The largest absolute Gasteiger partial charge is 0.507 e. The van der Waals surface area contributed by atoms with Gasteiger partial charge >= 0.3 is 5.97 Å². The van der Waals surface area contributed by atoms with Crippen LogP contribution in [-0.2, 0) is 6.54 Å². The number of aromatic carboxylic acids is 1. The summed E-state index contributed by atoms with van der Waals surface area (Å²) in [6.07, 6.45) is 0. The number of benzene rings is 2. The molecule has 0 unspecified atom stereocenters. The number of aromatic hydroxyl groups is 1. The van der Waals surface area contributed by atoms with E-state index in [-0.39, 0.29) is 11.3 Å². The van der Waals surface area contributed by atoms with Crippen molar-refractivity contribution in [2.75, 3.05) is 5.32 Å². The number of nitrogens with one attached hydrogen (secondary N) is 1. The standard InChI is InChI=1S/C16H17NO3/c1-10-7-11(2)15(18)12(8-10)9-17-14-6-4-3-5-13(14)16(19)20/h3-8,17-18H,9H2,1-2H3,(H,19,20). The van der Waals surface area contributed by atoms with Gasteiger partial charge in [0.2, 0.25) is 0 Å². The lowest BCUT2D eigenvalue weighted by Crippen LogP contribution is -2.06. The minimum atomic E-state index is -0.974. The number of rotatable bonds is 4. The molecular weight excluding hydrogens is 254 g/mol. The van der Waals surface area contributed by atoms with E-state index in [0.717, 1.165) is 16.7 Å². The number of hydrogen-bond acceptors (Lipinski definition) is 3. The lowest BCUT2D eigenvalue weighted by atomic mass is 10.1. The SMILES string of the molecule is Cc1cc(C)c(O)c(CNc2ccccc2C(=O)O)c1. The van der Waals surface area contributed by atoms with Crippen molar-refractivity contribution in [2.45, 2.75) is 20.4 Å². The monoisotopic (exact) mass is 271 g/mol. The van der Waals surface area contributed by atoms with Crippen LogP contribution in [0, 0.1) is 13.8 Å². The second kappa shape index (κ2) is 5.65. The lowest BCUT2D eigenvalue weighted by Gasteiger charge is -2.12. The first-order valence-electron chi connectivity index (χ1n) is 6.34. The number of para-hydroxylation sites is 1. The summed E-state index contributed by atoms with van der Waals surface area (Å²) in [6, 6.07) is 10.5. The zero-order valence-electron chi connectivity index (χ0n) is 11.5. The van der Waals surface area contributed by atoms with Crippen molar-refractivity contribution in [3.63, 3.8) is 0 Å². The predicted molar refractivity (Wildman–Crippen MR) is 78.3 cm³/mol.